The van der Waals surface area contributed by atoms with Crippen LogP contribution in [-0.4, -0.2) is 14.4 Å². The SMILES string of the molecule is Fc1ccc(-c2cnc(=S)n3cc(-c4ccccc4F)[nH]c23)cc1. The molecule has 118 valence electrons. The summed E-state index contributed by atoms with van der Waals surface area (Å²) in [7, 11) is 0. The van der Waals surface area contributed by atoms with Crippen LogP contribution >= 0.6 is 12.2 Å². The molecule has 0 aliphatic heterocycles. The molecule has 2 aromatic carbocycles. The van der Waals surface area contributed by atoms with E-state index in [0.29, 0.717) is 21.7 Å². The maximum absolute atomic E-state index is 14.1. The van der Waals surface area contributed by atoms with Gasteiger partial charge in [-0.3, -0.25) is 4.40 Å². The van der Waals surface area contributed by atoms with E-state index in [0.717, 1.165) is 11.1 Å². The number of nitrogens with zero attached hydrogens (tertiary/aromatic N) is 2. The van der Waals surface area contributed by atoms with E-state index in [1.165, 1.54) is 18.2 Å². The number of hydrogen-bond acceptors (Lipinski definition) is 2. The molecule has 0 aliphatic carbocycles. The predicted octanol–water partition coefficient (Wildman–Crippen LogP) is 5.00. The maximum atomic E-state index is 14.1. The van der Waals surface area contributed by atoms with Gasteiger partial charge in [-0.05, 0) is 42.0 Å². The summed E-state index contributed by atoms with van der Waals surface area (Å²) in [4.78, 5) is 7.40. The highest BCUT2D eigenvalue weighted by Crippen LogP contribution is 2.28. The van der Waals surface area contributed by atoms with Crippen LogP contribution in [0.25, 0.3) is 28.0 Å². The second-order valence-electron chi connectivity index (χ2n) is 5.33. The number of benzene rings is 2. The Hall–Kier alpha value is -2.86. The van der Waals surface area contributed by atoms with E-state index in [1.54, 1.807) is 47.1 Å². The molecule has 2 heterocycles. The number of H-pyrrole nitrogens is 1. The predicted molar refractivity (Wildman–Crippen MR) is 91.2 cm³/mol. The number of hydrogen-bond donors (Lipinski definition) is 1. The molecule has 0 bridgehead atoms. The molecule has 0 spiro atoms. The standard InChI is InChI=1S/C18H11F2N3S/c19-12-7-5-11(6-8-12)14-9-21-18(24)23-10-16(22-17(14)23)13-3-1-2-4-15(13)20/h1-10,22H. The smallest absolute Gasteiger partial charge is 0.205 e. The van der Waals surface area contributed by atoms with Crippen molar-refractivity contribution < 1.29 is 8.78 Å². The molecular weight excluding hydrogens is 328 g/mol. The maximum Gasteiger partial charge on any atom is 0.205 e. The Morgan fingerprint density at radius 3 is 2.46 bits per heavy atom. The minimum absolute atomic E-state index is 0.311. The third kappa shape index (κ3) is 2.41. The Labute approximate surface area is 141 Å². The molecule has 0 saturated heterocycles. The van der Waals surface area contributed by atoms with Gasteiger partial charge in [0.1, 0.15) is 17.3 Å². The summed E-state index contributed by atoms with van der Waals surface area (Å²) in [5, 5.41) is 0. The van der Waals surface area contributed by atoms with E-state index in [1.807, 2.05) is 0 Å². The van der Waals surface area contributed by atoms with E-state index in [9.17, 15) is 8.78 Å². The van der Waals surface area contributed by atoms with Crippen LogP contribution in [0.2, 0.25) is 0 Å². The summed E-state index contributed by atoms with van der Waals surface area (Å²) in [6, 6.07) is 12.6. The van der Waals surface area contributed by atoms with Crippen LogP contribution in [0.3, 0.4) is 0 Å². The first-order valence-electron chi connectivity index (χ1n) is 7.25. The molecule has 24 heavy (non-hydrogen) atoms. The van der Waals surface area contributed by atoms with Crippen molar-refractivity contribution in [2.45, 2.75) is 0 Å². The van der Waals surface area contributed by atoms with Crippen molar-refractivity contribution in [3.8, 4) is 22.4 Å². The zero-order valence-electron chi connectivity index (χ0n) is 12.3. The summed E-state index contributed by atoms with van der Waals surface area (Å²) in [5.41, 5.74) is 3.26. The van der Waals surface area contributed by atoms with Gasteiger partial charge in [-0.15, -0.1) is 0 Å². The minimum Gasteiger partial charge on any atom is -0.339 e. The van der Waals surface area contributed by atoms with Gasteiger partial charge in [-0.25, -0.2) is 13.8 Å². The first kappa shape index (κ1) is 14.7. The first-order valence-corrected chi connectivity index (χ1v) is 7.65. The highest BCUT2D eigenvalue weighted by molar-refractivity contribution is 7.71. The Morgan fingerprint density at radius 2 is 1.71 bits per heavy atom. The van der Waals surface area contributed by atoms with Crippen molar-refractivity contribution in [3.05, 3.63) is 77.3 Å². The molecule has 0 atom stereocenters. The minimum atomic E-state index is -0.327. The number of aromatic amines is 1. The molecule has 4 rings (SSSR count). The monoisotopic (exact) mass is 339 g/mol. The molecule has 1 N–H and O–H groups in total. The first-order chi connectivity index (χ1) is 11.6. The van der Waals surface area contributed by atoms with Gasteiger partial charge in [-0.2, -0.15) is 0 Å². The van der Waals surface area contributed by atoms with Crippen molar-refractivity contribution in [1.82, 2.24) is 14.4 Å². The quantitative estimate of drug-likeness (QED) is 0.521. The van der Waals surface area contributed by atoms with Gasteiger partial charge >= 0.3 is 0 Å². The summed E-state index contributed by atoms with van der Waals surface area (Å²) in [6.45, 7) is 0. The molecule has 0 amide bonds. The van der Waals surface area contributed by atoms with Crippen LogP contribution in [0, 0.1) is 16.4 Å². The molecular formula is C18H11F2N3S. The second kappa shape index (κ2) is 5.65. The molecule has 0 saturated carbocycles. The zero-order valence-corrected chi connectivity index (χ0v) is 13.1. The fraction of sp³-hybridized carbons (Fsp3) is 0. The average molecular weight is 339 g/mol. The van der Waals surface area contributed by atoms with Gasteiger partial charge in [0.25, 0.3) is 0 Å². The number of imidazole rings is 1. The Morgan fingerprint density at radius 1 is 0.958 bits per heavy atom. The highest BCUT2D eigenvalue weighted by Gasteiger charge is 2.12. The fourth-order valence-electron chi connectivity index (χ4n) is 2.66. The number of nitrogens with one attached hydrogen (secondary N) is 1. The van der Waals surface area contributed by atoms with E-state index >= 15 is 0 Å². The number of aromatic nitrogens is 3. The highest BCUT2D eigenvalue weighted by atomic mass is 32.1. The summed E-state index contributed by atoms with van der Waals surface area (Å²) < 4.78 is 29.3. The Bertz CT molecular complexity index is 1100. The van der Waals surface area contributed by atoms with E-state index in [2.05, 4.69) is 9.97 Å². The van der Waals surface area contributed by atoms with Crippen LogP contribution in [0.4, 0.5) is 8.78 Å². The molecule has 4 aromatic rings. The summed E-state index contributed by atoms with van der Waals surface area (Å²) >= 11 is 5.26. The van der Waals surface area contributed by atoms with Crippen LogP contribution in [0.5, 0.6) is 0 Å². The van der Waals surface area contributed by atoms with Crippen molar-refractivity contribution >= 4 is 17.9 Å². The van der Waals surface area contributed by atoms with Gasteiger partial charge in [0.2, 0.25) is 4.77 Å². The Kier molecular flexibility index (Phi) is 3.46. The summed E-state index contributed by atoms with van der Waals surface area (Å²) in [5.74, 6) is -0.638. The van der Waals surface area contributed by atoms with Crippen molar-refractivity contribution in [3.63, 3.8) is 0 Å². The zero-order chi connectivity index (χ0) is 16.7. The number of fused-ring (bicyclic) bond motifs is 1. The van der Waals surface area contributed by atoms with Gasteiger partial charge in [0, 0.05) is 23.5 Å². The van der Waals surface area contributed by atoms with Crippen LogP contribution < -0.4 is 0 Å². The van der Waals surface area contributed by atoms with Crippen molar-refractivity contribution in [2.24, 2.45) is 0 Å². The van der Waals surface area contributed by atoms with Crippen LogP contribution in [-0.2, 0) is 0 Å². The van der Waals surface area contributed by atoms with Gasteiger partial charge in [0.15, 0.2) is 0 Å². The Balaban J connectivity index is 1.98. The van der Waals surface area contributed by atoms with Gasteiger partial charge in [0.05, 0.1) is 5.69 Å². The molecule has 0 radical (unpaired) electrons. The molecule has 0 unspecified atom stereocenters. The largest absolute Gasteiger partial charge is 0.339 e. The molecule has 6 heteroatoms. The second-order valence-corrected chi connectivity index (χ2v) is 5.69. The lowest BCUT2D eigenvalue weighted by Gasteiger charge is -2.03. The molecule has 3 nitrogen and oxygen atoms in total. The average Bonchev–Trinajstić information content (AvgIpc) is 3.03. The van der Waals surface area contributed by atoms with Crippen molar-refractivity contribution in [1.29, 1.82) is 0 Å². The normalized spacial score (nSPS) is 11.1. The fourth-order valence-corrected chi connectivity index (χ4v) is 2.86. The summed E-state index contributed by atoms with van der Waals surface area (Å²) in [6.07, 6.45) is 3.35. The van der Waals surface area contributed by atoms with E-state index < -0.39 is 0 Å². The van der Waals surface area contributed by atoms with E-state index in [4.69, 9.17) is 12.2 Å². The van der Waals surface area contributed by atoms with Crippen LogP contribution in [0.1, 0.15) is 0 Å². The topological polar surface area (TPSA) is 33.1 Å². The van der Waals surface area contributed by atoms with Gasteiger partial charge in [-0.1, -0.05) is 24.3 Å². The van der Waals surface area contributed by atoms with Crippen LogP contribution in [0.15, 0.2) is 60.9 Å². The molecule has 0 fully saturated rings. The number of halogens is 2. The van der Waals surface area contributed by atoms with Crippen molar-refractivity contribution in [2.75, 3.05) is 0 Å². The lowest BCUT2D eigenvalue weighted by molar-refractivity contribution is 0.628. The third-order valence-electron chi connectivity index (χ3n) is 3.84. The molecule has 0 aliphatic rings. The third-order valence-corrected chi connectivity index (χ3v) is 4.14. The number of rotatable bonds is 2. The van der Waals surface area contributed by atoms with Gasteiger partial charge < -0.3 is 4.98 Å². The lowest BCUT2D eigenvalue weighted by atomic mass is 10.1. The van der Waals surface area contributed by atoms with E-state index in [-0.39, 0.29) is 11.6 Å². The molecule has 2 aromatic heterocycles. The lowest BCUT2D eigenvalue weighted by Crippen LogP contribution is -1.92.